The quantitative estimate of drug-likeness (QED) is 0.544. The van der Waals surface area contributed by atoms with Gasteiger partial charge in [0.25, 0.3) is 0 Å². The SMILES string of the molecule is COC(=O)C1(Nc2cccc(Cl)c2)CCC2(CC1)C(C[C@@H](C)CO)=Cc1cccc(F)c12. The third-order valence-electron chi connectivity index (χ3n) is 7.09. The number of hydrogen-bond donors (Lipinski definition) is 2. The number of ether oxygens (including phenoxy) is 1. The van der Waals surface area contributed by atoms with E-state index in [1.165, 1.54) is 13.2 Å². The minimum absolute atomic E-state index is 0.0763. The molecule has 4 nitrogen and oxygen atoms in total. The predicted molar refractivity (Wildman–Crippen MR) is 125 cm³/mol. The summed E-state index contributed by atoms with van der Waals surface area (Å²) in [7, 11) is 1.40. The van der Waals surface area contributed by atoms with E-state index in [4.69, 9.17) is 16.3 Å². The highest BCUT2D eigenvalue weighted by Gasteiger charge is 2.52. The van der Waals surface area contributed by atoms with Gasteiger partial charge in [0.05, 0.1) is 7.11 Å². The fourth-order valence-electron chi connectivity index (χ4n) is 5.44. The number of aliphatic hydroxyl groups excluding tert-OH is 1. The van der Waals surface area contributed by atoms with Gasteiger partial charge in [0, 0.05) is 28.3 Å². The monoisotopic (exact) mass is 457 g/mol. The average molecular weight is 458 g/mol. The fourth-order valence-corrected chi connectivity index (χ4v) is 5.63. The van der Waals surface area contributed by atoms with Crippen molar-refractivity contribution in [2.24, 2.45) is 5.92 Å². The number of anilines is 1. The number of methoxy groups -OCH3 is 1. The topological polar surface area (TPSA) is 58.6 Å². The highest BCUT2D eigenvalue weighted by atomic mass is 35.5. The number of aliphatic hydroxyl groups is 1. The predicted octanol–water partition coefficient (Wildman–Crippen LogP) is 5.73. The van der Waals surface area contributed by atoms with Crippen molar-refractivity contribution < 1.29 is 19.0 Å². The summed E-state index contributed by atoms with van der Waals surface area (Å²) in [6, 6.07) is 12.5. The average Bonchev–Trinajstić information content (AvgIpc) is 3.08. The molecule has 2 aromatic carbocycles. The molecule has 0 aliphatic heterocycles. The summed E-state index contributed by atoms with van der Waals surface area (Å²) in [5.74, 6) is -0.459. The molecule has 32 heavy (non-hydrogen) atoms. The summed E-state index contributed by atoms with van der Waals surface area (Å²) in [6.07, 6.45) is 4.97. The molecule has 2 aliphatic carbocycles. The number of rotatable bonds is 6. The third kappa shape index (κ3) is 3.93. The number of carbonyl (C=O) groups excluding carboxylic acids is 1. The summed E-state index contributed by atoms with van der Waals surface area (Å²) in [4.78, 5) is 13.0. The standard InChI is InChI=1S/C26H29ClFNO3/c1-17(16-30)13-19-14-18-5-3-8-22(28)23(18)25(19)9-11-26(12-10-25,24(31)32-2)29-21-7-4-6-20(27)15-21/h3-8,14-15,17,29-30H,9-13,16H2,1-2H3/t17-,25?,26?/m1/s1. The summed E-state index contributed by atoms with van der Waals surface area (Å²) in [5.41, 5.74) is 2.13. The van der Waals surface area contributed by atoms with Crippen molar-refractivity contribution in [3.8, 4) is 0 Å². The van der Waals surface area contributed by atoms with E-state index < -0.39 is 11.0 Å². The molecule has 1 fully saturated rings. The zero-order chi connectivity index (χ0) is 22.9. The van der Waals surface area contributed by atoms with Crippen molar-refractivity contribution >= 4 is 29.3 Å². The number of fused-ring (bicyclic) bond motifs is 2. The van der Waals surface area contributed by atoms with Gasteiger partial charge in [-0.2, -0.15) is 0 Å². The number of esters is 1. The zero-order valence-electron chi connectivity index (χ0n) is 18.5. The van der Waals surface area contributed by atoms with Gasteiger partial charge in [0.2, 0.25) is 0 Å². The highest BCUT2D eigenvalue weighted by Crippen LogP contribution is 2.55. The molecule has 170 valence electrons. The van der Waals surface area contributed by atoms with Gasteiger partial charge in [-0.15, -0.1) is 0 Å². The molecule has 0 heterocycles. The van der Waals surface area contributed by atoms with E-state index >= 15 is 4.39 Å². The van der Waals surface area contributed by atoms with Gasteiger partial charge in [-0.05, 0) is 67.9 Å². The van der Waals surface area contributed by atoms with Crippen LogP contribution in [0.3, 0.4) is 0 Å². The van der Waals surface area contributed by atoms with Crippen molar-refractivity contribution in [3.63, 3.8) is 0 Å². The summed E-state index contributed by atoms with van der Waals surface area (Å²) in [6.45, 7) is 2.07. The lowest BCUT2D eigenvalue weighted by molar-refractivity contribution is -0.147. The second-order valence-corrected chi connectivity index (χ2v) is 9.59. The lowest BCUT2D eigenvalue weighted by Gasteiger charge is -2.46. The van der Waals surface area contributed by atoms with Gasteiger partial charge in [-0.1, -0.05) is 48.4 Å². The van der Waals surface area contributed by atoms with Crippen molar-refractivity contribution in [1.29, 1.82) is 0 Å². The number of benzene rings is 2. The van der Waals surface area contributed by atoms with Crippen molar-refractivity contribution in [2.75, 3.05) is 19.0 Å². The highest BCUT2D eigenvalue weighted by molar-refractivity contribution is 6.30. The summed E-state index contributed by atoms with van der Waals surface area (Å²) >= 11 is 6.15. The molecular weight excluding hydrogens is 429 g/mol. The molecule has 6 heteroatoms. The Morgan fingerprint density at radius 2 is 1.94 bits per heavy atom. The Morgan fingerprint density at radius 1 is 1.22 bits per heavy atom. The van der Waals surface area contributed by atoms with Crippen LogP contribution in [0.4, 0.5) is 10.1 Å². The lowest BCUT2D eigenvalue weighted by Crippen LogP contribution is -2.53. The van der Waals surface area contributed by atoms with E-state index in [2.05, 4.69) is 11.4 Å². The van der Waals surface area contributed by atoms with E-state index in [1.807, 2.05) is 25.1 Å². The minimum Gasteiger partial charge on any atom is -0.467 e. The Morgan fingerprint density at radius 3 is 2.59 bits per heavy atom. The first-order chi connectivity index (χ1) is 15.3. The van der Waals surface area contributed by atoms with Gasteiger partial charge in [0.15, 0.2) is 0 Å². The van der Waals surface area contributed by atoms with Crippen molar-refractivity contribution in [1.82, 2.24) is 0 Å². The number of allylic oxidation sites excluding steroid dienone is 1. The Bertz CT molecular complexity index is 1040. The Balaban J connectivity index is 1.69. The molecule has 0 bridgehead atoms. The Kier molecular flexibility index (Phi) is 6.33. The maximum atomic E-state index is 15.1. The van der Waals surface area contributed by atoms with Gasteiger partial charge in [-0.25, -0.2) is 9.18 Å². The summed E-state index contributed by atoms with van der Waals surface area (Å²) in [5, 5.41) is 13.6. The van der Waals surface area contributed by atoms with Gasteiger partial charge < -0.3 is 15.2 Å². The molecule has 0 saturated heterocycles. The molecule has 4 rings (SSSR count). The molecule has 0 radical (unpaired) electrons. The van der Waals surface area contributed by atoms with Crippen LogP contribution in [0.1, 0.15) is 50.2 Å². The van der Waals surface area contributed by atoms with E-state index in [0.717, 1.165) is 22.4 Å². The molecule has 2 aliphatic rings. The van der Waals surface area contributed by atoms with Crippen LogP contribution in [0, 0.1) is 11.7 Å². The first-order valence-corrected chi connectivity index (χ1v) is 11.4. The van der Waals surface area contributed by atoms with E-state index in [0.29, 0.717) is 37.1 Å². The van der Waals surface area contributed by atoms with Crippen LogP contribution in [0.25, 0.3) is 6.08 Å². The van der Waals surface area contributed by atoms with Crippen molar-refractivity contribution in [3.05, 3.63) is 70.0 Å². The first kappa shape index (κ1) is 22.8. The van der Waals surface area contributed by atoms with Crippen LogP contribution in [0.15, 0.2) is 48.0 Å². The molecule has 0 unspecified atom stereocenters. The smallest absolute Gasteiger partial charge is 0.331 e. The van der Waals surface area contributed by atoms with Gasteiger partial charge >= 0.3 is 5.97 Å². The van der Waals surface area contributed by atoms with E-state index in [-0.39, 0.29) is 24.3 Å². The number of carbonyl (C=O) groups is 1. The maximum Gasteiger partial charge on any atom is 0.331 e. The maximum absolute atomic E-state index is 15.1. The Hall–Kier alpha value is -2.37. The fraction of sp³-hybridized carbons (Fsp3) is 0.423. The second-order valence-electron chi connectivity index (χ2n) is 9.16. The molecule has 0 aromatic heterocycles. The zero-order valence-corrected chi connectivity index (χ0v) is 19.2. The van der Waals surface area contributed by atoms with Crippen LogP contribution in [-0.4, -0.2) is 30.3 Å². The normalized spacial score (nSPS) is 25.2. The van der Waals surface area contributed by atoms with Gasteiger partial charge in [0.1, 0.15) is 11.4 Å². The first-order valence-electron chi connectivity index (χ1n) is 11.1. The van der Waals surface area contributed by atoms with E-state index in [1.54, 1.807) is 18.2 Å². The van der Waals surface area contributed by atoms with Crippen LogP contribution >= 0.6 is 11.6 Å². The summed E-state index contributed by atoms with van der Waals surface area (Å²) < 4.78 is 20.3. The largest absolute Gasteiger partial charge is 0.467 e. The molecule has 2 aromatic rings. The van der Waals surface area contributed by atoms with E-state index in [9.17, 15) is 9.90 Å². The molecule has 2 N–H and O–H groups in total. The second kappa shape index (κ2) is 8.87. The van der Waals surface area contributed by atoms with Crippen LogP contribution in [0.2, 0.25) is 5.02 Å². The van der Waals surface area contributed by atoms with Crippen LogP contribution in [0.5, 0.6) is 0 Å². The Labute approximate surface area is 193 Å². The van der Waals surface area contributed by atoms with Crippen LogP contribution in [-0.2, 0) is 14.9 Å². The lowest BCUT2D eigenvalue weighted by atomic mass is 9.61. The minimum atomic E-state index is -0.910. The molecule has 1 atom stereocenters. The van der Waals surface area contributed by atoms with Gasteiger partial charge in [-0.3, -0.25) is 0 Å². The van der Waals surface area contributed by atoms with Crippen LogP contribution < -0.4 is 5.32 Å². The molecule has 1 saturated carbocycles. The molecule has 1 spiro atoms. The molecular formula is C26H29ClFNO3. The molecule has 0 amide bonds. The number of halogens is 2. The number of hydrogen-bond acceptors (Lipinski definition) is 4. The van der Waals surface area contributed by atoms with Crippen molar-refractivity contribution in [2.45, 2.75) is 50.0 Å². The third-order valence-corrected chi connectivity index (χ3v) is 7.33. The number of nitrogens with one attached hydrogen (secondary N) is 1.